The third-order valence-corrected chi connectivity index (χ3v) is 5.56. The minimum atomic E-state index is 0.0498. The molecule has 1 aromatic rings. The van der Waals surface area contributed by atoms with E-state index in [0.717, 1.165) is 43.8 Å². The van der Waals surface area contributed by atoms with Crippen LogP contribution in [0.3, 0.4) is 0 Å². The van der Waals surface area contributed by atoms with Crippen molar-refractivity contribution in [1.29, 1.82) is 0 Å². The summed E-state index contributed by atoms with van der Waals surface area (Å²) in [6, 6.07) is 5.85. The SMILES string of the molecule is COc1cc(C(=O)N(C)C(CN2CCC(OC)CC2)C(C)C)ccc1C. The van der Waals surface area contributed by atoms with E-state index in [1.165, 1.54) is 0 Å². The van der Waals surface area contributed by atoms with Crippen molar-refractivity contribution in [2.75, 3.05) is 40.9 Å². The molecule has 1 saturated heterocycles. The Labute approximate surface area is 158 Å². The molecule has 26 heavy (non-hydrogen) atoms. The van der Waals surface area contributed by atoms with Crippen LogP contribution in [0.1, 0.15) is 42.6 Å². The number of likely N-dealkylation sites (N-methyl/N-ethyl adjacent to an activating group) is 1. The monoisotopic (exact) mass is 362 g/mol. The highest BCUT2D eigenvalue weighted by Gasteiger charge is 2.28. The highest BCUT2D eigenvalue weighted by atomic mass is 16.5. The third-order valence-electron chi connectivity index (χ3n) is 5.56. The molecular weight excluding hydrogens is 328 g/mol. The van der Waals surface area contributed by atoms with Gasteiger partial charge in [0, 0.05) is 45.4 Å². The largest absolute Gasteiger partial charge is 0.496 e. The van der Waals surface area contributed by atoms with E-state index in [9.17, 15) is 4.79 Å². The maximum atomic E-state index is 13.0. The summed E-state index contributed by atoms with van der Waals surface area (Å²) in [4.78, 5) is 17.4. The number of hydrogen-bond donors (Lipinski definition) is 0. The number of amides is 1. The van der Waals surface area contributed by atoms with Gasteiger partial charge in [-0.2, -0.15) is 0 Å². The lowest BCUT2D eigenvalue weighted by molar-refractivity contribution is 0.0271. The Kier molecular flexibility index (Phi) is 7.47. The van der Waals surface area contributed by atoms with Crippen LogP contribution in [-0.4, -0.2) is 68.8 Å². The summed E-state index contributed by atoms with van der Waals surface area (Å²) in [6.07, 6.45) is 2.51. The van der Waals surface area contributed by atoms with E-state index < -0.39 is 0 Å². The first-order valence-corrected chi connectivity index (χ1v) is 9.54. The number of carbonyl (C=O) groups excluding carboxylic acids is 1. The molecule has 0 N–H and O–H groups in total. The molecule has 0 spiro atoms. The molecule has 1 atom stereocenters. The Morgan fingerprint density at radius 1 is 1.27 bits per heavy atom. The standard InChI is InChI=1S/C21H34N2O3/c1-15(2)19(14-23-11-9-18(25-5)10-12-23)22(4)21(24)17-8-7-16(3)20(13-17)26-6/h7-8,13,15,18-19H,9-12,14H2,1-6H3. The molecule has 5 nitrogen and oxygen atoms in total. The zero-order valence-corrected chi connectivity index (χ0v) is 17.1. The number of methoxy groups -OCH3 is 2. The molecule has 2 rings (SSSR count). The van der Waals surface area contributed by atoms with Gasteiger partial charge in [-0.25, -0.2) is 0 Å². The third kappa shape index (κ3) is 4.98. The molecule has 0 saturated carbocycles. The van der Waals surface area contributed by atoms with Crippen molar-refractivity contribution < 1.29 is 14.3 Å². The average Bonchev–Trinajstić information content (AvgIpc) is 2.65. The molecule has 1 aromatic carbocycles. The quantitative estimate of drug-likeness (QED) is 0.747. The van der Waals surface area contributed by atoms with Gasteiger partial charge in [0.15, 0.2) is 0 Å². The van der Waals surface area contributed by atoms with Crippen molar-refractivity contribution in [3.8, 4) is 5.75 Å². The summed E-state index contributed by atoms with van der Waals surface area (Å²) in [5, 5.41) is 0. The van der Waals surface area contributed by atoms with Gasteiger partial charge in [-0.15, -0.1) is 0 Å². The average molecular weight is 363 g/mol. The second-order valence-electron chi connectivity index (χ2n) is 7.65. The molecule has 1 fully saturated rings. The molecule has 1 unspecified atom stereocenters. The first-order valence-electron chi connectivity index (χ1n) is 9.54. The summed E-state index contributed by atoms with van der Waals surface area (Å²) in [6.45, 7) is 9.32. The van der Waals surface area contributed by atoms with Gasteiger partial charge < -0.3 is 19.3 Å². The molecule has 0 radical (unpaired) electrons. The second kappa shape index (κ2) is 9.38. The van der Waals surface area contributed by atoms with E-state index in [1.807, 2.05) is 37.1 Å². The Hall–Kier alpha value is -1.59. The van der Waals surface area contributed by atoms with Gasteiger partial charge in [-0.1, -0.05) is 19.9 Å². The fourth-order valence-electron chi connectivity index (χ4n) is 3.68. The van der Waals surface area contributed by atoms with Crippen molar-refractivity contribution in [2.24, 2.45) is 5.92 Å². The van der Waals surface area contributed by atoms with Crippen LogP contribution in [0, 0.1) is 12.8 Å². The van der Waals surface area contributed by atoms with E-state index in [1.54, 1.807) is 14.2 Å². The Morgan fingerprint density at radius 2 is 1.92 bits per heavy atom. The number of aryl methyl sites for hydroxylation is 1. The van der Waals surface area contributed by atoms with Crippen LogP contribution in [0.15, 0.2) is 18.2 Å². The van der Waals surface area contributed by atoms with Crippen LogP contribution >= 0.6 is 0 Å². The number of piperidine rings is 1. The van der Waals surface area contributed by atoms with Crippen LogP contribution in [0.25, 0.3) is 0 Å². The minimum absolute atomic E-state index is 0.0498. The molecule has 0 bridgehead atoms. The number of carbonyl (C=O) groups is 1. The van der Waals surface area contributed by atoms with Crippen LogP contribution in [0.2, 0.25) is 0 Å². The molecule has 0 aliphatic carbocycles. The molecule has 1 aliphatic heterocycles. The van der Waals surface area contributed by atoms with Crippen molar-refractivity contribution in [2.45, 2.75) is 45.8 Å². The van der Waals surface area contributed by atoms with Gasteiger partial charge in [0.25, 0.3) is 5.91 Å². The van der Waals surface area contributed by atoms with Gasteiger partial charge in [0.05, 0.1) is 13.2 Å². The van der Waals surface area contributed by atoms with Crippen LogP contribution in [-0.2, 0) is 4.74 Å². The molecule has 1 aliphatic rings. The zero-order valence-electron chi connectivity index (χ0n) is 17.1. The lowest BCUT2D eigenvalue weighted by Crippen LogP contribution is -2.50. The number of likely N-dealkylation sites (tertiary alicyclic amines) is 1. The molecule has 0 aromatic heterocycles. The van der Waals surface area contributed by atoms with Gasteiger partial charge in [-0.05, 0) is 43.4 Å². The maximum Gasteiger partial charge on any atom is 0.254 e. The van der Waals surface area contributed by atoms with Crippen LogP contribution in [0.5, 0.6) is 5.75 Å². The molecule has 5 heteroatoms. The zero-order chi connectivity index (χ0) is 19.3. The summed E-state index contributed by atoms with van der Waals surface area (Å²) in [5.74, 6) is 1.19. The highest BCUT2D eigenvalue weighted by molar-refractivity contribution is 5.94. The molecule has 1 amide bonds. The Morgan fingerprint density at radius 3 is 2.46 bits per heavy atom. The van der Waals surface area contributed by atoms with Gasteiger partial charge >= 0.3 is 0 Å². The molecule has 146 valence electrons. The lowest BCUT2D eigenvalue weighted by atomic mass is 9.99. The summed E-state index contributed by atoms with van der Waals surface area (Å²) < 4.78 is 10.8. The Bertz CT molecular complexity index is 595. The van der Waals surface area contributed by atoms with Crippen LogP contribution < -0.4 is 4.74 Å². The smallest absolute Gasteiger partial charge is 0.254 e. The van der Waals surface area contributed by atoms with Crippen molar-refractivity contribution in [1.82, 2.24) is 9.80 Å². The number of ether oxygens (including phenoxy) is 2. The highest BCUT2D eigenvalue weighted by Crippen LogP contribution is 2.22. The van der Waals surface area contributed by atoms with Gasteiger partial charge in [0.1, 0.15) is 5.75 Å². The minimum Gasteiger partial charge on any atom is -0.496 e. The predicted molar refractivity (Wildman–Crippen MR) is 105 cm³/mol. The van der Waals surface area contributed by atoms with E-state index >= 15 is 0 Å². The van der Waals surface area contributed by atoms with E-state index in [0.29, 0.717) is 17.6 Å². The Balaban J connectivity index is 2.07. The summed E-state index contributed by atoms with van der Waals surface area (Å²) >= 11 is 0. The summed E-state index contributed by atoms with van der Waals surface area (Å²) in [5.41, 5.74) is 1.71. The van der Waals surface area contributed by atoms with Crippen molar-refractivity contribution >= 4 is 5.91 Å². The fraction of sp³-hybridized carbons (Fsp3) is 0.667. The topological polar surface area (TPSA) is 42.0 Å². The number of nitrogens with zero attached hydrogens (tertiary/aromatic N) is 2. The lowest BCUT2D eigenvalue weighted by Gasteiger charge is -2.38. The summed E-state index contributed by atoms with van der Waals surface area (Å²) in [7, 11) is 5.35. The molecule has 1 heterocycles. The molecular formula is C21H34N2O3. The van der Waals surface area contributed by atoms with Crippen molar-refractivity contribution in [3.05, 3.63) is 29.3 Å². The first kappa shape index (κ1) is 20.7. The second-order valence-corrected chi connectivity index (χ2v) is 7.65. The normalized spacial score (nSPS) is 17.3. The van der Waals surface area contributed by atoms with Gasteiger partial charge in [0.2, 0.25) is 0 Å². The van der Waals surface area contributed by atoms with Crippen molar-refractivity contribution in [3.63, 3.8) is 0 Å². The number of rotatable bonds is 7. The number of hydrogen-bond acceptors (Lipinski definition) is 4. The predicted octanol–water partition coefficient (Wildman–Crippen LogP) is 3.21. The van der Waals surface area contributed by atoms with E-state index in [-0.39, 0.29) is 11.9 Å². The first-order chi connectivity index (χ1) is 12.4. The van der Waals surface area contributed by atoms with E-state index in [2.05, 4.69) is 18.7 Å². The van der Waals surface area contributed by atoms with Crippen LogP contribution in [0.4, 0.5) is 0 Å². The maximum absolute atomic E-state index is 13.0. The fourth-order valence-corrected chi connectivity index (χ4v) is 3.68. The van der Waals surface area contributed by atoms with E-state index in [4.69, 9.17) is 9.47 Å². The van der Waals surface area contributed by atoms with Gasteiger partial charge in [-0.3, -0.25) is 4.79 Å². The number of benzene rings is 1.